The highest BCUT2D eigenvalue weighted by Crippen LogP contribution is 2.20. The molecule has 0 fully saturated rings. The average Bonchev–Trinajstić information content (AvgIpc) is 3.32. The number of nitrogens with one attached hydrogen (secondary N) is 2. The Morgan fingerprint density at radius 1 is 1.03 bits per heavy atom. The second-order valence-corrected chi connectivity index (χ2v) is 9.43. The molecule has 1 amide bonds. The molecule has 0 saturated heterocycles. The number of carbonyl (C=O) groups is 1. The van der Waals surface area contributed by atoms with Gasteiger partial charge in [-0.2, -0.15) is 5.10 Å². The number of benzene rings is 2. The van der Waals surface area contributed by atoms with Gasteiger partial charge in [0.15, 0.2) is 0 Å². The predicted octanol–water partition coefficient (Wildman–Crippen LogP) is 4.16. The Morgan fingerprint density at radius 2 is 1.71 bits per heavy atom. The van der Waals surface area contributed by atoms with Crippen molar-refractivity contribution in [1.82, 2.24) is 5.43 Å². The van der Waals surface area contributed by atoms with Gasteiger partial charge in [-0.25, -0.2) is 13.8 Å². The Hall–Kier alpha value is -3.17. The molecule has 9 heteroatoms. The highest BCUT2D eigenvalue weighted by Gasteiger charge is 2.15. The van der Waals surface area contributed by atoms with E-state index in [1.54, 1.807) is 17.7 Å². The Labute approximate surface area is 186 Å². The van der Waals surface area contributed by atoms with Gasteiger partial charge in [0, 0.05) is 30.0 Å². The molecular weight excluding hydrogens is 432 g/mol. The lowest BCUT2D eigenvalue weighted by Crippen LogP contribution is -2.21. The maximum absolute atomic E-state index is 12.3. The molecule has 0 unspecified atom stereocenters. The first-order chi connectivity index (χ1) is 14.9. The number of hydrogen-bond donors (Lipinski definition) is 2. The lowest BCUT2D eigenvalue weighted by Gasteiger charge is -2.20. The third-order valence-corrected chi connectivity index (χ3v) is 7.34. The Kier molecular flexibility index (Phi) is 7.43. The Bertz CT molecular complexity index is 1120. The first-order valence-electron chi connectivity index (χ1n) is 9.77. The largest absolute Gasteiger partial charge is 0.372 e. The maximum Gasteiger partial charge on any atom is 0.271 e. The normalized spacial score (nSPS) is 11.4. The molecule has 1 heterocycles. The molecule has 3 rings (SSSR count). The van der Waals surface area contributed by atoms with Crippen molar-refractivity contribution in [2.75, 3.05) is 22.7 Å². The van der Waals surface area contributed by atoms with Crippen LogP contribution >= 0.6 is 11.3 Å². The van der Waals surface area contributed by atoms with E-state index in [4.69, 9.17) is 0 Å². The summed E-state index contributed by atoms with van der Waals surface area (Å²) in [5.41, 5.74) is 5.24. The standard InChI is InChI=1S/C22H24N4O3S2/c1-3-26(4-2)20-13-7-17(8-14-20)16-23-24-22(27)18-9-11-19(12-10-18)25-31(28,29)21-6-5-15-30-21/h5-16,25H,3-4H2,1-2H3,(H,24,27). The number of amides is 1. The second kappa shape index (κ2) is 10.2. The number of nitrogens with zero attached hydrogens (tertiary/aromatic N) is 2. The number of rotatable bonds is 9. The lowest BCUT2D eigenvalue weighted by atomic mass is 10.2. The van der Waals surface area contributed by atoms with Gasteiger partial charge in [-0.1, -0.05) is 18.2 Å². The van der Waals surface area contributed by atoms with E-state index in [-0.39, 0.29) is 10.1 Å². The van der Waals surface area contributed by atoms with E-state index in [0.717, 1.165) is 35.7 Å². The second-order valence-electron chi connectivity index (χ2n) is 6.58. The lowest BCUT2D eigenvalue weighted by molar-refractivity contribution is 0.0955. The van der Waals surface area contributed by atoms with Crippen LogP contribution in [0.4, 0.5) is 11.4 Å². The van der Waals surface area contributed by atoms with Gasteiger partial charge in [0.2, 0.25) is 0 Å². The number of hydrazone groups is 1. The van der Waals surface area contributed by atoms with E-state index in [2.05, 4.69) is 34.0 Å². The molecular formula is C22H24N4O3S2. The summed E-state index contributed by atoms with van der Waals surface area (Å²) in [5.74, 6) is -0.385. The third kappa shape index (κ3) is 5.93. The van der Waals surface area contributed by atoms with E-state index < -0.39 is 10.0 Å². The highest BCUT2D eigenvalue weighted by molar-refractivity contribution is 7.94. The summed E-state index contributed by atoms with van der Waals surface area (Å²) in [6.07, 6.45) is 1.58. The van der Waals surface area contributed by atoms with Crippen LogP contribution in [0, 0.1) is 0 Å². The molecule has 0 aliphatic heterocycles. The molecule has 0 spiro atoms. The zero-order valence-corrected chi connectivity index (χ0v) is 18.9. The van der Waals surface area contributed by atoms with Crippen molar-refractivity contribution in [3.8, 4) is 0 Å². The molecule has 0 aliphatic carbocycles. The molecule has 3 aromatic rings. The predicted molar refractivity (Wildman–Crippen MR) is 127 cm³/mol. The fourth-order valence-electron chi connectivity index (χ4n) is 2.90. The van der Waals surface area contributed by atoms with Crippen molar-refractivity contribution in [3.63, 3.8) is 0 Å². The third-order valence-electron chi connectivity index (χ3n) is 4.56. The maximum atomic E-state index is 12.3. The summed E-state index contributed by atoms with van der Waals surface area (Å²) in [6.45, 7) is 6.10. The van der Waals surface area contributed by atoms with Gasteiger partial charge in [0.25, 0.3) is 15.9 Å². The molecule has 0 radical (unpaired) electrons. The zero-order valence-electron chi connectivity index (χ0n) is 17.3. The first-order valence-corrected chi connectivity index (χ1v) is 12.1. The molecule has 2 aromatic carbocycles. The van der Waals surface area contributed by atoms with Crippen LogP contribution in [0.2, 0.25) is 0 Å². The SMILES string of the molecule is CCN(CC)c1ccc(C=NNC(=O)c2ccc(NS(=O)(=O)c3cccs3)cc2)cc1. The molecule has 0 saturated carbocycles. The summed E-state index contributed by atoms with van der Waals surface area (Å²) < 4.78 is 27.2. The minimum Gasteiger partial charge on any atom is -0.372 e. The Balaban J connectivity index is 1.57. The molecule has 0 aliphatic rings. The smallest absolute Gasteiger partial charge is 0.271 e. The average molecular weight is 457 g/mol. The van der Waals surface area contributed by atoms with Gasteiger partial charge >= 0.3 is 0 Å². The number of hydrogen-bond acceptors (Lipinski definition) is 6. The summed E-state index contributed by atoms with van der Waals surface area (Å²) in [4.78, 5) is 14.5. The van der Waals surface area contributed by atoms with E-state index in [1.165, 1.54) is 30.3 Å². The van der Waals surface area contributed by atoms with Gasteiger partial charge in [-0.05, 0) is 67.3 Å². The van der Waals surface area contributed by atoms with Crippen LogP contribution in [0.15, 0.2) is 75.4 Å². The number of sulfonamides is 1. The van der Waals surface area contributed by atoms with Crippen LogP contribution in [0.1, 0.15) is 29.8 Å². The van der Waals surface area contributed by atoms with E-state index in [1.807, 2.05) is 24.3 Å². The van der Waals surface area contributed by atoms with Crippen molar-refractivity contribution in [1.29, 1.82) is 0 Å². The van der Waals surface area contributed by atoms with Crippen LogP contribution in [0.3, 0.4) is 0 Å². The van der Waals surface area contributed by atoms with Crippen molar-refractivity contribution in [2.45, 2.75) is 18.1 Å². The van der Waals surface area contributed by atoms with Crippen molar-refractivity contribution in [2.24, 2.45) is 5.10 Å². The van der Waals surface area contributed by atoms with Crippen LogP contribution in [-0.2, 0) is 10.0 Å². The number of thiophene rings is 1. The van der Waals surface area contributed by atoms with Crippen molar-refractivity contribution < 1.29 is 13.2 Å². The monoisotopic (exact) mass is 456 g/mol. The van der Waals surface area contributed by atoms with E-state index >= 15 is 0 Å². The summed E-state index contributed by atoms with van der Waals surface area (Å²) in [7, 11) is -3.62. The van der Waals surface area contributed by atoms with Crippen LogP contribution in [0.5, 0.6) is 0 Å². The Morgan fingerprint density at radius 3 is 2.29 bits per heavy atom. The summed E-state index contributed by atoms with van der Waals surface area (Å²) in [5, 5.41) is 5.70. The van der Waals surface area contributed by atoms with Crippen LogP contribution in [-0.4, -0.2) is 33.6 Å². The van der Waals surface area contributed by atoms with Gasteiger partial charge in [0.05, 0.1) is 6.21 Å². The first kappa shape index (κ1) is 22.5. The summed E-state index contributed by atoms with van der Waals surface area (Å²) in [6, 6.07) is 17.3. The van der Waals surface area contributed by atoms with Gasteiger partial charge in [-0.15, -0.1) is 11.3 Å². The molecule has 7 nitrogen and oxygen atoms in total. The van der Waals surface area contributed by atoms with Gasteiger partial charge in [0.1, 0.15) is 4.21 Å². The molecule has 162 valence electrons. The minimum atomic E-state index is -3.62. The number of anilines is 2. The fraction of sp³-hybridized carbons (Fsp3) is 0.182. The van der Waals surface area contributed by atoms with Crippen LogP contribution in [0.25, 0.3) is 0 Å². The van der Waals surface area contributed by atoms with E-state index in [9.17, 15) is 13.2 Å². The molecule has 31 heavy (non-hydrogen) atoms. The molecule has 0 bridgehead atoms. The van der Waals surface area contributed by atoms with Crippen molar-refractivity contribution >= 4 is 44.9 Å². The quantitative estimate of drug-likeness (QED) is 0.374. The molecule has 1 aromatic heterocycles. The van der Waals surface area contributed by atoms with Gasteiger partial charge < -0.3 is 4.90 Å². The van der Waals surface area contributed by atoms with Crippen molar-refractivity contribution in [3.05, 3.63) is 77.2 Å². The van der Waals surface area contributed by atoms with Gasteiger partial charge in [-0.3, -0.25) is 9.52 Å². The fourth-order valence-corrected chi connectivity index (χ4v) is 4.95. The highest BCUT2D eigenvalue weighted by atomic mass is 32.2. The van der Waals surface area contributed by atoms with E-state index in [0.29, 0.717) is 11.3 Å². The minimum absolute atomic E-state index is 0.230. The molecule has 0 atom stereocenters. The topological polar surface area (TPSA) is 90.9 Å². The van der Waals surface area contributed by atoms with Crippen LogP contribution < -0.4 is 15.0 Å². The zero-order chi connectivity index (χ0) is 22.3. The molecule has 2 N–H and O–H groups in total. The summed E-state index contributed by atoms with van der Waals surface area (Å²) >= 11 is 1.14. The number of carbonyl (C=O) groups excluding carboxylic acids is 1.